The maximum Gasteiger partial charge on any atom is 0.334 e. The molecule has 1 aliphatic rings. The van der Waals surface area contributed by atoms with Gasteiger partial charge in [-0.15, -0.1) is 0 Å². The van der Waals surface area contributed by atoms with Crippen LogP contribution in [-0.4, -0.2) is 32.1 Å². The molecule has 28 heavy (non-hydrogen) atoms. The molecule has 4 heteroatoms. The lowest BCUT2D eigenvalue weighted by Gasteiger charge is -2.28. The van der Waals surface area contributed by atoms with Gasteiger partial charge in [0.25, 0.3) is 0 Å². The average Bonchev–Trinajstić information content (AvgIpc) is 2.64. The van der Waals surface area contributed by atoms with Gasteiger partial charge in [0.2, 0.25) is 0 Å². The first-order valence-electron chi connectivity index (χ1n) is 10.2. The second-order valence-corrected chi connectivity index (χ2v) is 8.07. The van der Waals surface area contributed by atoms with Crippen molar-refractivity contribution in [2.45, 2.75) is 72.0 Å². The third-order valence-corrected chi connectivity index (χ3v) is 5.26. The summed E-state index contributed by atoms with van der Waals surface area (Å²) in [4.78, 5) is 12.7. The van der Waals surface area contributed by atoms with Crippen molar-refractivity contribution >= 4 is 5.97 Å². The van der Waals surface area contributed by atoms with Crippen molar-refractivity contribution in [1.29, 1.82) is 0 Å². The van der Waals surface area contributed by atoms with E-state index in [0.717, 1.165) is 25.7 Å². The van der Waals surface area contributed by atoms with Crippen LogP contribution < -0.4 is 0 Å². The summed E-state index contributed by atoms with van der Waals surface area (Å²) in [5.41, 5.74) is 3.01. The van der Waals surface area contributed by atoms with Crippen LogP contribution in [0.5, 0.6) is 0 Å². The number of hydrogen-bond acceptors (Lipinski definition) is 4. The second kappa shape index (κ2) is 12.7. The molecule has 1 unspecified atom stereocenters. The number of carbonyl (C=O) groups is 1. The van der Waals surface area contributed by atoms with Gasteiger partial charge in [0.15, 0.2) is 0 Å². The van der Waals surface area contributed by atoms with Crippen LogP contribution in [0.15, 0.2) is 48.1 Å². The summed E-state index contributed by atoms with van der Waals surface area (Å²) in [6.07, 6.45) is 9.83. The molecule has 0 saturated heterocycles. The molecule has 3 atom stereocenters. The van der Waals surface area contributed by atoms with Crippen molar-refractivity contribution in [3.8, 4) is 0 Å². The van der Waals surface area contributed by atoms with Crippen molar-refractivity contribution in [2.75, 3.05) is 13.9 Å². The minimum absolute atomic E-state index is 0.167. The summed E-state index contributed by atoms with van der Waals surface area (Å²) in [5, 5.41) is 0. The normalized spacial score (nSPS) is 29.7. The number of allylic oxidation sites excluding steroid dienone is 3. The van der Waals surface area contributed by atoms with Crippen LogP contribution in [0.4, 0.5) is 0 Å². The Kier molecular flexibility index (Phi) is 11.1. The Labute approximate surface area is 171 Å². The fraction of sp³-hybridized carbons (Fsp3) is 0.625. The molecule has 1 rings (SSSR count). The maximum absolute atomic E-state index is 12.7. The fourth-order valence-electron chi connectivity index (χ4n) is 3.49. The van der Waals surface area contributed by atoms with Gasteiger partial charge in [-0.1, -0.05) is 56.4 Å². The molecule has 0 spiro atoms. The predicted molar refractivity (Wildman–Crippen MR) is 115 cm³/mol. The van der Waals surface area contributed by atoms with Crippen molar-refractivity contribution in [3.63, 3.8) is 0 Å². The van der Waals surface area contributed by atoms with E-state index in [0.29, 0.717) is 17.9 Å². The molecule has 158 valence electrons. The molecule has 0 aromatic rings. The van der Waals surface area contributed by atoms with Crippen LogP contribution in [-0.2, 0) is 19.0 Å². The van der Waals surface area contributed by atoms with Gasteiger partial charge >= 0.3 is 5.97 Å². The summed E-state index contributed by atoms with van der Waals surface area (Å²) >= 11 is 0. The molecule has 0 saturated carbocycles. The summed E-state index contributed by atoms with van der Waals surface area (Å²) in [6, 6.07) is 0. The van der Waals surface area contributed by atoms with Crippen molar-refractivity contribution in [2.24, 2.45) is 11.8 Å². The maximum atomic E-state index is 12.7. The minimum Gasteiger partial charge on any atom is -0.454 e. The molecule has 0 aliphatic carbocycles. The van der Waals surface area contributed by atoms with E-state index in [4.69, 9.17) is 14.2 Å². The second-order valence-electron chi connectivity index (χ2n) is 8.07. The van der Waals surface area contributed by atoms with E-state index in [-0.39, 0.29) is 30.9 Å². The molecule has 0 amide bonds. The minimum atomic E-state index is -0.380. The van der Waals surface area contributed by atoms with Gasteiger partial charge < -0.3 is 14.2 Å². The monoisotopic (exact) mass is 390 g/mol. The largest absolute Gasteiger partial charge is 0.454 e. The summed E-state index contributed by atoms with van der Waals surface area (Å²) < 4.78 is 16.6. The molecular formula is C24H38O4. The zero-order chi connectivity index (χ0) is 21.1. The zero-order valence-corrected chi connectivity index (χ0v) is 18.3. The Morgan fingerprint density at radius 1 is 1.29 bits per heavy atom. The Morgan fingerprint density at radius 3 is 2.61 bits per heavy atom. The van der Waals surface area contributed by atoms with Gasteiger partial charge in [-0.3, -0.25) is 0 Å². The van der Waals surface area contributed by atoms with E-state index in [1.54, 1.807) is 13.2 Å². The lowest BCUT2D eigenvalue weighted by atomic mass is 9.85. The molecule has 0 fully saturated rings. The van der Waals surface area contributed by atoms with Crippen LogP contribution in [0.3, 0.4) is 0 Å². The van der Waals surface area contributed by atoms with E-state index in [9.17, 15) is 4.79 Å². The first-order valence-corrected chi connectivity index (χ1v) is 10.2. The predicted octanol–water partition coefficient (Wildman–Crippen LogP) is 5.76. The van der Waals surface area contributed by atoms with Gasteiger partial charge in [0.1, 0.15) is 12.9 Å². The summed E-state index contributed by atoms with van der Waals surface area (Å²) in [6.45, 7) is 16.6. The van der Waals surface area contributed by atoms with Gasteiger partial charge in [-0.25, -0.2) is 4.79 Å². The first kappa shape index (κ1) is 24.4. The third-order valence-electron chi connectivity index (χ3n) is 5.26. The Balaban J connectivity index is 3.10. The number of methoxy groups -OCH3 is 1. The zero-order valence-electron chi connectivity index (χ0n) is 18.3. The van der Waals surface area contributed by atoms with Gasteiger partial charge in [0, 0.05) is 25.0 Å². The standard InChI is InChI=1S/C24H38O4/c1-8-23-22(17(2)3)13-12-18(4)10-9-11-19(5)14-21(27-16-26-7)15-20(6)24(25)28-23/h8,10,14,17,21-23H,1,6,9,11-13,15-16H2,2-5,7H3/b18-10+,19-14+/t21-,22?,23+/m0/s1. The Hall–Kier alpha value is -1.65. The van der Waals surface area contributed by atoms with Crippen LogP contribution >= 0.6 is 0 Å². The Morgan fingerprint density at radius 2 is 2.00 bits per heavy atom. The first-order chi connectivity index (χ1) is 13.3. The number of cyclic esters (lactones) is 1. The lowest BCUT2D eigenvalue weighted by molar-refractivity contribution is -0.145. The van der Waals surface area contributed by atoms with Crippen molar-refractivity contribution in [3.05, 3.63) is 48.1 Å². The van der Waals surface area contributed by atoms with E-state index in [1.165, 1.54) is 11.1 Å². The van der Waals surface area contributed by atoms with Crippen LogP contribution in [0.25, 0.3) is 0 Å². The van der Waals surface area contributed by atoms with Crippen molar-refractivity contribution < 1.29 is 19.0 Å². The molecular weight excluding hydrogens is 352 g/mol. The smallest absolute Gasteiger partial charge is 0.334 e. The molecule has 1 heterocycles. The van der Waals surface area contributed by atoms with Crippen LogP contribution in [0.1, 0.15) is 59.8 Å². The summed E-state index contributed by atoms with van der Waals surface area (Å²) in [5.74, 6) is 0.229. The van der Waals surface area contributed by atoms with Gasteiger partial charge in [-0.2, -0.15) is 0 Å². The van der Waals surface area contributed by atoms with E-state index in [2.05, 4.69) is 53.0 Å². The van der Waals surface area contributed by atoms with E-state index < -0.39 is 0 Å². The summed E-state index contributed by atoms with van der Waals surface area (Å²) in [7, 11) is 1.58. The molecule has 0 N–H and O–H groups in total. The topological polar surface area (TPSA) is 44.8 Å². The van der Waals surface area contributed by atoms with Gasteiger partial charge in [-0.05, 0) is 45.4 Å². The highest BCUT2D eigenvalue weighted by molar-refractivity contribution is 5.88. The molecule has 1 aliphatic heterocycles. The molecule has 0 radical (unpaired) electrons. The average molecular weight is 391 g/mol. The van der Waals surface area contributed by atoms with Crippen molar-refractivity contribution in [1.82, 2.24) is 0 Å². The molecule has 0 bridgehead atoms. The quantitative estimate of drug-likeness (QED) is 0.259. The molecule has 0 aromatic carbocycles. The number of rotatable bonds is 5. The van der Waals surface area contributed by atoms with E-state index in [1.807, 2.05) is 0 Å². The third kappa shape index (κ3) is 8.57. The van der Waals surface area contributed by atoms with Crippen LogP contribution in [0.2, 0.25) is 0 Å². The van der Waals surface area contributed by atoms with Crippen LogP contribution in [0, 0.1) is 11.8 Å². The lowest BCUT2D eigenvalue weighted by Crippen LogP contribution is -2.30. The highest BCUT2D eigenvalue weighted by atomic mass is 16.7. The number of esters is 1. The molecule has 4 nitrogen and oxygen atoms in total. The number of hydrogen-bond donors (Lipinski definition) is 0. The van der Waals surface area contributed by atoms with E-state index >= 15 is 0 Å². The fourth-order valence-corrected chi connectivity index (χ4v) is 3.49. The molecule has 0 aromatic heterocycles. The highest BCUT2D eigenvalue weighted by Crippen LogP contribution is 2.28. The van der Waals surface area contributed by atoms with Gasteiger partial charge in [0.05, 0.1) is 6.10 Å². The number of carbonyl (C=O) groups excluding carboxylic acids is 1. The highest BCUT2D eigenvalue weighted by Gasteiger charge is 2.27. The number of ether oxygens (including phenoxy) is 3. The Bertz CT molecular complexity index is 585. The SMILES string of the molecule is C=C[C@H]1OC(=O)C(=C)C[C@@H](OCOC)/C=C(\C)CC/C=C(\C)CCC1C(C)C.